The number of halogens is 3. The number of nitrogens with one attached hydrogen (secondary N) is 2. The number of carbonyl (C=O) groups excluding carboxylic acids is 2. The molecule has 3 rings (SSSR count). The summed E-state index contributed by atoms with van der Waals surface area (Å²) in [6.07, 6.45) is 0. The van der Waals surface area contributed by atoms with Crippen molar-refractivity contribution in [3.8, 4) is 0 Å². The van der Waals surface area contributed by atoms with Crippen LogP contribution in [0.3, 0.4) is 0 Å². The van der Waals surface area contributed by atoms with Gasteiger partial charge in [-0.3, -0.25) is 15.0 Å². The van der Waals surface area contributed by atoms with Crippen LogP contribution in [0.4, 0.5) is 8.78 Å². The Labute approximate surface area is 171 Å². The molecule has 0 saturated heterocycles. The first-order valence-corrected chi connectivity index (χ1v) is 9.11. The number of hydrogen-bond donors (Lipinski definition) is 2. The van der Waals surface area contributed by atoms with Crippen LogP contribution in [0, 0.1) is 0 Å². The van der Waals surface area contributed by atoms with Crippen LogP contribution >= 0.6 is 11.6 Å². The zero-order valence-corrected chi connectivity index (χ0v) is 15.9. The third-order valence-corrected chi connectivity index (χ3v) is 4.52. The molecule has 3 aromatic rings. The molecule has 29 heavy (non-hydrogen) atoms. The van der Waals surface area contributed by atoms with Gasteiger partial charge in [-0.15, -0.1) is 0 Å². The van der Waals surface area contributed by atoms with Gasteiger partial charge in [0.05, 0.1) is 0 Å². The summed E-state index contributed by atoms with van der Waals surface area (Å²) >= 11 is 5.85. The average molecular weight is 415 g/mol. The average Bonchev–Trinajstić information content (AvgIpc) is 2.75. The van der Waals surface area contributed by atoms with Gasteiger partial charge in [-0.2, -0.15) is 8.78 Å². The molecule has 0 heterocycles. The van der Waals surface area contributed by atoms with E-state index in [-0.39, 0.29) is 16.7 Å². The molecule has 2 N–H and O–H groups in total. The zero-order chi connectivity index (χ0) is 20.9. The van der Waals surface area contributed by atoms with Crippen LogP contribution in [0.1, 0.15) is 32.3 Å². The lowest BCUT2D eigenvalue weighted by atomic mass is 9.94. The second-order valence-electron chi connectivity index (χ2n) is 6.27. The smallest absolute Gasteiger partial charge is 0.287 e. The quantitative estimate of drug-likeness (QED) is 0.430. The van der Waals surface area contributed by atoms with E-state index < -0.39 is 23.7 Å². The maximum Gasteiger partial charge on any atom is 0.330 e. The first kappa shape index (κ1) is 20.6. The fourth-order valence-electron chi connectivity index (χ4n) is 2.75. The standard InChI is InChI=1S/C22H17ClF2N2O2/c23-18-13-11-15(12-14-18)19(26-27-21(29)17-9-5-2-6-10-17)22(24,25)20(28)16-7-3-1-4-8-16/h1-14,19,26H,(H,27,29)/t19-/m0/s1. The van der Waals surface area contributed by atoms with E-state index in [1.807, 2.05) is 0 Å². The number of carbonyl (C=O) groups is 2. The lowest BCUT2D eigenvalue weighted by molar-refractivity contribution is -0.0194. The Hall–Kier alpha value is -3.09. The van der Waals surface area contributed by atoms with Crippen LogP contribution in [-0.2, 0) is 0 Å². The summed E-state index contributed by atoms with van der Waals surface area (Å²) in [6, 6.07) is 19.2. The number of alkyl halides is 2. The van der Waals surface area contributed by atoms with Crippen molar-refractivity contribution in [1.82, 2.24) is 10.9 Å². The lowest BCUT2D eigenvalue weighted by Crippen LogP contribution is -2.50. The highest BCUT2D eigenvalue weighted by Crippen LogP contribution is 2.34. The minimum atomic E-state index is -3.85. The fourth-order valence-corrected chi connectivity index (χ4v) is 2.88. The Kier molecular flexibility index (Phi) is 6.36. The minimum absolute atomic E-state index is 0.0945. The van der Waals surface area contributed by atoms with Crippen molar-refractivity contribution in [1.29, 1.82) is 0 Å². The molecule has 7 heteroatoms. The summed E-state index contributed by atoms with van der Waals surface area (Å²) in [7, 11) is 0. The first-order valence-electron chi connectivity index (χ1n) is 8.73. The number of benzene rings is 3. The molecule has 1 amide bonds. The second kappa shape index (κ2) is 8.94. The third kappa shape index (κ3) is 4.85. The number of ketones is 1. The highest BCUT2D eigenvalue weighted by Gasteiger charge is 2.48. The number of hydrazine groups is 1. The molecule has 0 aromatic heterocycles. The molecule has 0 bridgehead atoms. The van der Waals surface area contributed by atoms with Crippen LogP contribution in [0.15, 0.2) is 84.9 Å². The third-order valence-electron chi connectivity index (χ3n) is 4.27. The Morgan fingerprint density at radius 1 is 0.793 bits per heavy atom. The van der Waals surface area contributed by atoms with Crippen molar-refractivity contribution in [2.24, 2.45) is 0 Å². The predicted octanol–water partition coefficient (Wildman–Crippen LogP) is 4.83. The van der Waals surface area contributed by atoms with E-state index in [0.29, 0.717) is 5.02 Å². The largest absolute Gasteiger partial charge is 0.330 e. The Morgan fingerprint density at radius 2 is 1.31 bits per heavy atom. The molecule has 0 aliphatic heterocycles. The number of Topliss-reactive ketones (excluding diaryl/α,β-unsaturated/α-hetero) is 1. The molecule has 148 valence electrons. The molecule has 0 unspecified atom stereocenters. The van der Waals surface area contributed by atoms with Crippen LogP contribution in [0.2, 0.25) is 5.02 Å². The molecule has 3 aromatic carbocycles. The van der Waals surface area contributed by atoms with Crippen LogP contribution in [0.5, 0.6) is 0 Å². The van der Waals surface area contributed by atoms with E-state index in [1.165, 1.54) is 48.5 Å². The summed E-state index contributed by atoms with van der Waals surface area (Å²) < 4.78 is 30.4. The van der Waals surface area contributed by atoms with Gasteiger partial charge in [0.2, 0.25) is 5.78 Å². The summed E-state index contributed by atoms with van der Waals surface area (Å²) in [5, 5.41) is 0.360. The van der Waals surface area contributed by atoms with Crippen molar-refractivity contribution in [3.63, 3.8) is 0 Å². The molecular formula is C22H17ClF2N2O2. The molecule has 0 saturated carbocycles. The van der Waals surface area contributed by atoms with Gasteiger partial charge < -0.3 is 0 Å². The monoisotopic (exact) mass is 414 g/mol. The molecule has 1 atom stereocenters. The Morgan fingerprint density at radius 3 is 1.86 bits per heavy atom. The highest BCUT2D eigenvalue weighted by molar-refractivity contribution is 6.30. The molecule has 0 fully saturated rings. The van der Waals surface area contributed by atoms with E-state index in [2.05, 4.69) is 10.9 Å². The predicted molar refractivity (Wildman–Crippen MR) is 107 cm³/mol. The van der Waals surface area contributed by atoms with Gasteiger partial charge >= 0.3 is 5.92 Å². The van der Waals surface area contributed by atoms with E-state index >= 15 is 8.78 Å². The van der Waals surface area contributed by atoms with Crippen LogP contribution in [0.25, 0.3) is 0 Å². The van der Waals surface area contributed by atoms with Gasteiger partial charge in [-0.25, -0.2) is 5.43 Å². The maximum absolute atomic E-state index is 15.2. The topological polar surface area (TPSA) is 58.2 Å². The van der Waals surface area contributed by atoms with Crippen molar-refractivity contribution in [2.75, 3.05) is 0 Å². The minimum Gasteiger partial charge on any atom is -0.287 e. The van der Waals surface area contributed by atoms with E-state index in [0.717, 1.165) is 0 Å². The molecule has 0 spiro atoms. The summed E-state index contributed by atoms with van der Waals surface area (Å²) in [6.45, 7) is 0. The number of hydrogen-bond acceptors (Lipinski definition) is 3. The number of rotatable bonds is 7. The van der Waals surface area contributed by atoms with Crippen molar-refractivity contribution in [3.05, 3.63) is 107 Å². The zero-order valence-electron chi connectivity index (χ0n) is 15.1. The highest BCUT2D eigenvalue weighted by atomic mass is 35.5. The van der Waals surface area contributed by atoms with Crippen molar-refractivity contribution in [2.45, 2.75) is 12.0 Å². The van der Waals surface area contributed by atoms with Gasteiger partial charge in [-0.05, 0) is 29.8 Å². The van der Waals surface area contributed by atoms with Crippen LogP contribution in [-0.4, -0.2) is 17.6 Å². The molecule has 0 aliphatic carbocycles. The second-order valence-corrected chi connectivity index (χ2v) is 6.70. The molecule has 0 aliphatic rings. The summed E-state index contributed by atoms with van der Waals surface area (Å²) in [5.41, 5.74) is 4.85. The van der Waals surface area contributed by atoms with Gasteiger partial charge in [0.25, 0.3) is 5.91 Å². The van der Waals surface area contributed by atoms with Gasteiger partial charge in [0, 0.05) is 16.1 Å². The van der Waals surface area contributed by atoms with Crippen LogP contribution < -0.4 is 10.9 Å². The first-order chi connectivity index (χ1) is 13.9. The molecular weight excluding hydrogens is 398 g/mol. The van der Waals surface area contributed by atoms with Gasteiger partial charge in [-0.1, -0.05) is 72.3 Å². The van der Waals surface area contributed by atoms with E-state index in [9.17, 15) is 9.59 Å². The SMILES string of the molecule is O=C(NN[C@@H](c1ccc(Cl)cc1)C(F)(F)C(=O)c1ccccc1)c1ccccc1. The van der Waals surface area contributed by atoms with Gasteiger partial charge in [0.1, 0.15) is 6.04 Å². The van der Waals surface area contributed by atoms with Crippen molar-refractivity contribution >= 4 is 23.3 Å². The Balaban J connectivity index is 1.89. The summed E-state index contributed by atoms with van der Waals surface area (Å²) in [4.78, 5) is 24.8. The lowest BCUT2D eigenvalue weighted by Gasteiger charge is -2.27. The number of amides is 1. The van der Waals surface area contributed by atoms with E-state index in [4.69, 9.17) is 11.6 Å². The van der Waals surface area contributed by atoms with Gasteiger partial charge in [0.15, 0.2) is 0 Å². The molecule has 0 radical (unpaired) electrons. The van der Waals surface area contributed by atoms with E-state index in [1.54, 1.807) is 36.4 Å². The normalized spacial score (nSPS) is 12.2. The maximum atomic E-state index is 15.2. The Bertz CT molecular complexity index is 981. The fraction of sp³-hybridized carbons (Fsp3) is 0.0909. The molecule has 4 nitrogen and oxygen atoms in total. The van der Waals surface area contributed by atoms with Crippen molar-refractivity contribution < 1.29 is 18.4 Å². The summed E-state index contributed by atoms with van der Waals surface area (Å²) in [5.74, 6) is -5.81.